The average molecular weight is 223 g/mol. The van der Waals surface area contributed by atoms with Crippen LogP contribution in [0.2, 0.25) is 10.0 Å². The average Bonchev–Trinajstić information content (AvgIpc) is 1.98. The van der Waals surface area contributed by atoms with Gasteiger partial charge in [-0.15, -0.1) is 0 Å². The molecule has 0 aliphatic heterocycles. The van der Waals surface area contributed by atoms with Gasteiger partial charge < -0.3 is 5.11 Å². The van der Waals surface area contributed by atoms with Crippen LogP contribution in [-0.4, -0.2) is 5.11 Å². The number of rotatable bonds is 1. The van der Waals surface area contributed by atoms with E-state index in [1.807, 2.05) is 0 Å². The SMILES string of the molecule is CC(C)(O)c1ccc(Cl)c(F)c1Cl. The van der Waals surface area contributed by atoms with E-state index in [1.165, 1.54) is 26.0 Å². The van der Waals surface area contributed by atoms with Crippen molar-refractivity contribution in [1.29, 1.82) is 0 Å². The molecule has 0 heterocycles. The Kier molecular flexibility index (Phi) is 2.85. The van der Waals surface area contributed by atoms with E-state index in [-0.39, 0.29) is 10.0 Å². The summed E-state index contributed by atoms with van der Waals surface area (Å²) in [6, 6.07) is 2.88. The van der Waals surface area contributed by atoms with Gasteiger partial charge in [0.1, 0.15) is 0 Å². The second kappa shape index (κ2) is 3.45. The summed E-state index contributed by atoms with van der Waals surface area (Å²) in [5, 5.41) is 9.42. The van der Waals surface area contributed by atoms with Gasteiger partial charge in [-0.2, -0.15) is 0 Å². The van der Waals surface area contributed by atoms with Crippen LogP contribution in [-0.2, 0) is 5.60 Å². The molecule has 1 aromatic carbocycles. The Morgan fingerprint density at radius 1 is 1.31 bits per heavy atom. The Morgan fingerprint density at radius 2 is 1.85 bits per heavy atom. The van der Waals surface area contributed by atoms with Crippen LogP contribution >= 0.6 is 23.2 Å². The van der Waals surface area contributed by atoms with Crippen molar-refractivity contribution in [2.24, 2.45) is 0 Å². The van der Waals surface area contributed by atoms with E-state index in [0.29, 0.717) is 5.56 Å². The van der Waals surface area contributed by atoms with Gasteiger partial charge in [0, 0.05) is 5.56 Å². The van der Waals surface area contributed by atoms with Gasteiger partial charge in [0.05, 0.1) is 15.6 Å². The standard InChI is InChI=1S/C9H9Cl2FO/c1-9(2,13)5-3-4-6(10)8(12)7(5)11/h3-4,13H,1-2H3. The van der Waals surface area contributed by atoms with Crippen LogP contribution in [0.25, 0.3) is 0 Å². The van der Waals surface area contributed by atoms with Crippen molar-refractivity contribution in [3.63, 3.8) is 0 Å². The molecule has 0 unspecified atom stereocenters. The maximum absolute atomic E-state index is 13.1. The fourth-order valence-electron chi connectivity index (χ4n) is 0.998. The minimum absolute atomic E-state index is 0.0435. The van der Waals surface area contributed by atoms with E-state index in [4.69, 9.17) is 23.2 Å². The second-order valence-electron chi connectivity index (χ2n) is 3.28. The van der Waals surface area contributed by atoms with Gasteiger partial charge >= 0.3 is 0 Å². The Balaban J connectivity index is 3.35. The summed E-state index contributed by atoms with van der Waals surface area (Å²) in [5.41, 5.74) is -0.834. The minimum Gasteiger partial charge on any atom is -0.386 e. The van der Waals surface area contributed by atoms with Crippen LogP contribution < -0.4 is 0 Å². The quantitative estimate of drug-likeness (QED) is 0.723. The second-order valence-corrected chi connectivity index (χ2v) is 4.07. The molecular formula is C9H9Cl2FO. The number of benzene rings is 1. The van der Waals surface area contributed by atoms with E-state index >= 15 is 0 Å². The van der Waals surface area contributed by atoms with Crippen molar-refractivity contribution >= 4 is 23.2 Å². The highest BCUT2D eigenvalue weighted by Crippen LogP contribution is 2.32. The van der Waals surface area contributed by atoms with Crippen molar-refractivity contribution in [3.05, 3.63) is 33.6 Å². The first kappa shape index (κ1) is 10.8. The Bertz CT molecular complexity index is 331. The maximum atomic E-state index is 13.1. The largest absolute Gasteiger partial charge is 0.386 e. The first-order valence-electron chi connectivity index (χ1n) is 3.70. The first-order chi connectivity index (χ1) is 5.84. The lowest BCUT2D eigenvalue weighted by atomic mass is 9.98. The minimum atomic E-state index is -1.16. The summed E-state index contributed by atoms with van der Waals surface area (Å²) in [6.07, 6.45) is 0. The molecule has 4 heteroatoms. The Hall–Kier alpha value is -0.310. The van der Waals surface area contributed by atoms with Crippen molar-refractivity contribution in [2.75, 3.05) is 0 Å². The van der Waals surface area contributed by atoms with Crippen LogP contribution in [0.1, 0.15) is 19.4 Å². The molecule has 0 amide bonds. The monoisotopic (exact) mass is 222 g/mol. The third kappa shape index (κ3) is 2.13. The van der Waals surface area contributed by atoms with Crippen LogP contribution in [0.15, 0.2) is 12.1 Å². The zero-order valence-corrected chi connectivity index (χ0v) is 8.75. The normalized spacial score (nSPS) is 11.8. The van der Waals surface area contributed by atoms with Crippen LogP contribution in [0.4, 0.5) is 4.39 Å². The number of hydrogen-bond donors (Lipinski definition) is 1. The summed E-state index contributed by atoms with van der Waals surface area (Å²) >= 11 is 11.2. The number of hydrogen-bond acceptors (Lipinski definition) is 1. The zero-order valence-electron chi connectivity index (χ0n) is 7.24. The summed E-state index contributed by atoms with van der Waals surface area (Å²) in [5.74, 6) is -0.692. The van der Waals surface area contributed by atoms with Crippen LogP contribution in [0.3, 0.4) is 0 Å². The molecule has 0 aliphatic carbocycles. The van der Waals surface area contributed by atoms with E-state index in [2.05, 4.69) is 0 Å². The molecule has 0 fully saturated rings. The van der Waals surface area contributed by atoms with Crippen LogP contribution in [0, 0.1) is 5.82 Å². The maximum Gasteiger partial charge on any atom is 0.160 e. The lowest BCUT2D eigenvalue weighted by Crippen LogP contribution is -2.16. The molecule has 0 saturated carbocycles. The Labute approximate surface area is 86.1 Å². The van der Waals surface area contributed by atoms with Gasteiger partial charge in [-0.25, -0.2) is 4.39 Å². The Morgan fingerprint density at radius 3 is 2.31 bits per heavy atom. The van der Waals surface area contributed by atoms with Gasteiger partial charge in [0.2, 0.25) is 0 Å². The van der Waals surface area contributed by atoms with Gasteiger partial charge in [0.25, 0.3) is 0 Å². The molecule has 0 aliphatic rings. The van der Waals surface area contributed by atoms with E-state index in [9.17, 15) is 9.50 Å². The van der Waals surface area contributed by atoms with E-state index < -0.39 is 11.4 Å². The summed E-state index contributed by atoms with van der Waals surface area (Å²) in [6.45, 7) is 3.06. The summed E-state index contributed by atoms with van der Waals surface area (Å²) in [7, 11) is 0. The van der Waals surface area contributed by atoms with Crippen molar-refractivity contribution < 1.29 is 9.50 Å². The highest BCUT2D eigenvalue weighted by atomic mass is 35.5. The van der Waals surface area contributed by atoms with Gasteiger partial charge in [0.15, 0.2) is 5.82 Å². The molecule has 0 radical (unpaired) electrons. The van der Waals surface area contributed by atoms with Crippen molar-refractivity contribution in [2.45, 2.75) is 19.4 Å². The zero-order chi connectivity index (χ0) is 10.2. The molecule has 0 bridgehead atoms. The molecule has 0 aromatic heterocycles. The van der Waals surface area contributed by atoms with Gasteiger partial charge in [-0.1, -0.05) is 29.3 Å². The third-order valence-corrected chi connectivity index (χ3v) is 2.36. The topological polar surface area (TPSA) is 20.2 Å². The molecule has 1 N–H and O–H groups in total. The molecule has 72 valence electrons. The number of aliphatic hydroxyl groups is 1. The lowest BCUT2D eigenvalue weighted by Gasteiger charge is -2.19. The van der Waals surface area contributed by atoms with Crippen molar-refractivity contribution in [3.8, 4) is 0 Å². The molecule has 0 atom stereocenters. The predicted molar refractivity (Wildman–Crippen MR) is 51.7 cm³/mol. The fourth-order valence-corrected chi connectivity index (χ4v) is 1.60. The van der Waals surface area contributed by atoms with Crippen molar-refractivity contribution in [1.82, 2.24) is 0 Å². The highest BCUT2D eigenvalue weighted by molar-refractivity contribution is 6.35. The molecule has 1 nitrogen and oxygen atoms in total. The van der Waals surface area contributed by atoms with E-state index in [1.54, 1.807) is 0 Å². The first-order valence-corrected chi connectivity index (χ1v) is 4.46. The van der Waals surface area contributed by atoms with Gasteiger partial charge in [-0.05, 0) is 19.9 Å². The molecule has 1 rings (SSSR count). The van der Waals surface area contributed by atoms with Crippen LogP contribution in [0.5, 0.6) is 0 Å². The van der Waals surface area contributed by atoms with E-state index in [0.717, 1.165) is 0 Å². The smallest absolute Gasteiger partial charge is 0.160 e. The molecule has 1 aromatic rings. The third-order valence-electron chi connectivity index (χ3n) is 1.69. The molecule has 13 heavy (non-hydrogen) atoms. The number of halogens is 3. The molecular weight excluding hydrogens is 214 g/mol. The van der Waals surface area contributed by atoms with Gasteiger partial charge in [-0.3, -0.25) is 0 Å². The lowest BCUT2D eigenvalue weighted by molar-refractivity contribution is 0.0784. The highest BCUT2D eigenvalue weighted by Gasteiger charge is 2.22. The molecule has 0 spiro atoms. The summed E-state index contributed by atoms with van der Waals surface area (Å²) < 4.78 is 13.1. The summed E-state index contributed by atoms with van der Waals surface area (Å²) in [4.78, 5) is 0. The predicted octanol–water partition coefficient (Wildman–Crippen LogP) is 3.36. The fraction of sp³-hybridized carbons (Fsp3) is 0.333. The molecule has 0 saturated heterocycles.